The summed E-state index contributed by atoms with van der Waals surface area (Å²) in [5.41, 5.74) is 35.2. The lowest BCUT2D eigenvalue weighted by atomic mass is 9.66. The fourth-order valence-electron chi connectivity index (χ4n) is 20.9. The summed E-state index contributed by atoms with van der Waals surface area (Å²) in [6.45, 7) is 4.70. The zero-order valence-electron chi connectivity index (χ0n) is 65.3. The number of ether oxygens (including phenoxy) is 2. The highest BCUT2D eigenvalue weighted by Crippen LogP contribution is 2.67. The molecule has 0 saturated carbocycles. The first-order chi connectivity index (χ1) is 58.8. The molecule has 5 aliphatic rings. The SMILES string of the molecule is CC1(C)c2ccccc2-c2ccc(N(c3ccccc3)c3ccccc3-c3cccc4oc5c6c(ccc5c34)C3(c4ccccc4Oc4ccccc43)c3ccccc3-6)cc21.c1ccc(-c2ccc(N(c3ccccc3)c3ccccc3-c3cccc4oc5c6c(ccc5c34)C3(c4ccccc4Oc4ccccc43)c3ccccc3-6)cc2)cc1. The third-order valence-corrected chi connectivity index (χ3v) is 25.9. The molecule has 6 nitrogen and oxygen atoms in total. The molecule has 0 unspecified atom stereocenters. The molecule has 0 fully saturated rings. The Labute approximate surface area is 689 Å². The molecule has 0 saturated heterocycles. The van der Waals surface area contributed by atoms with E-state index in [0.717, 1.165) is 157 Å². The van der Waals surface area contributed by atoms with Crippen LogP contribution in [-0.2, 0) is 16.2 Å². The number of nitrogens with zero attached hydrogens (tertiary/aromatic N) is 2. The zero-order valence-corrected chi connectivity index (χ0v) is 65.3. The van der Waals surface area contributed by atoms with Gasteiger partial charge < -0.3 is 28.1 Å². The number of benzene rings is 18. The second kappa shape index (κ2) is 26.4. The molecule has 2 spiro atoms. The van der Waals surface area contributed by atoms with Gasteiger partial charge in [0.15, 0.2) is 0 Å². The Morgan fingerprint density at radius 3 is 1.02 bits per heavy atom. The van der Waals surface area contributed by atoms with E-state index in [1.165, 1.54) is 66.8 Å². The monoisotopic (exact) mass is 1520 g/mol. The Morgan fingerprint density at radius 1 is 0.218 bits per heavy atom. The average Bonchev–Trinajstić information content (AvgIpc) is 1.41. The molecule has 25 rings (SSSR count). The fraction of sp³-hybridized carbons (Fsp3) is 0.0442. The van der Waals surface area contributed by atoms with Gasteiger partial charge in [-0.1, -0.05) is 329 Å². The van der Waals surface area contributed by atoms with Crippen molar-refractivity contribution in [3.05, 3.63) is 468 Å². The molecule has 20 aromatic rings. The quantitative estimate of drug-likeness (QED) is 0.144. The highest BCUT2D eigenvalue weighted by molar-refractivity contribution is 6.20. The first-order valence-corrected chi connectivity index (χ1v) is 41.0. The third-order valence-electron chi connectivity index (χ3n) is 25.9. The van der Waals surface area contributed by atoms with Crippen molar-refractivity contribution >= 4 is 78.0 Å². The molecule has 0 N–H and O–H groups in total. The summed E-state index contributed by atoms with van der Waals surface area (Å²) in [4.78, 5) is 4.79. The summed E-state index contributed by atoms with van der Waals surface area (Å²) in [6, 6.07) is 148. The van der Waals surface area contributed by atoms with E-state index >= 15 is 0 Å². The second-order valence-corrected chi connectivity index (χ2v) is 32.3. The summed E-state index contributed by atoms with van der Waals surface area (Å²) >= 11 is 0. The minimum atomic E-state index is -0.568. The van der Waals surface area contributed by atoms with Crippen molar-refractivity contribution in [2.45, 2.75) is 30.1 Å². The van der Waals surface area contributed by atoms with Gasteiger partial charge in [-0.25, -0.2) is 0 Å². The van der Waals surface area contributed by atoms with Gasteiger partial charge in [-0.3, -0.25) is 0 Å². The minimum Gasteiger partial charge on any atom is -0.457 e. The number of fused-ring (bicyclic) bond motifs is 29. The van der Waals surface area contributed by atoms with E-state index < -0.39 is 10.8 Å². The normalized spacial score (nSPS) is 13.8. The average molecular weight is 1520 g/mol. The first-order valence-electron chi connectivity index (χ1n) is 41.0. The smallest absolute Gasteiger partial charge is 0.143 e. The van der Waals surface area contributed by atoms with Crippen molar-refractivity contribution in [2.75, 3.05) is 9.80 Å². The lowest BCUT2D eigenvalue weighted by Crippen LogP contribution is -2.32. The largest absolute Gasteiger partial charge is 0.457 e. The van der Waals surface area contributed by atoms with Crippen LogP contribution in [0.4, 0.5) is 34.1 Å². The zero-order chi connectivity index (χ0) is 78.7. The van der Waals surface area contributed by atoms with Crippen molar-refractivity contribution < 1.29 is 18.3 Å². The molecule has 2 aliphatic heterocycles. The van der Waals surface area contributed by atoms with Crippen LogP contribution in [0.25, 0.3) is 111 Å². The van der Waals surface area contributed by atoms with Crippen LogP contribution in [-0.4, -0.2) is 0 Å². The lowest BCUT2D eigenvalue weighted by Gasteiger charge is -2.39. The van der Waals surface area contributed by atoms with Gasteiger partial charge in [0.1, 0.15) is 45.3 Å². The van der Waals surface area contributed by atoms with E-state index in [9.17, 15) is 0 Å². The fourth-order valence-corrected chi connectivity index (χ4v) is 20.9. The first kappa shape index (κ1) is 68.2. The van der Waals surface area contributed by atoms with Gasteiger partial charge in [-0.2, -0.15) is 0 Å². The van der Waals surface area contributed by atoms with Crippen LogP contribution in [0, 0.1) is 0 Å². The van der Waals surface area contributed by atoms with Gasteiger partial charge >= 0.3 is 0 Å². The molecule has 0 bridgehead atoms. The minimum absolute atomic E-state index is 0.128. The molecule has 560 valence electrons. The maximum Gasteiger partial charge on any atom is 0.143 e. The number of anilines is 6. The van der Waals surface area contributed by atoms with Crippen LogP contribution < -0.4 is 19.3 Å². The Morgan fingerprint density at radius 2 is 0.555 bits per heavy atom. The number of para-hydroxylation sites is 8. The van der Waals surface area contributed by atoms with Crippen LogP contribution >= 0.6 is 0 Å². The maximum absolute atomic E-state index is 7.15. The Hall–Kier alpha value is -15.2. The van der Waals surface area contributed by atoms with E-state index in [0.29, 0.717) is 0 Å². The molecule has 0 radical (unpaired) electrons. The third kappa shape index (κ3) is 9.89. The molecule has 18 aromatic carbocycles. The van der Waals surface area contributed by atoms with Gasteiger partial charge in [-0.05, 0) is 175 Å². The van der Waals surface area contributed by atoms with E-state index in [-0.39, 0.29) is 5.41 Å². The molecule has 3 aliphatic carbocycles. The van der Waals surface area contributed by atoms with Crippen LogP contribution in [0.1, 0.15) is 69.5 Å². The lowest BCUT2D eigenvalue weighted by molar-refractivity contribution is 0.436. The van der Waals surface area contributed by atoms with Gasteiger partial charge in [0, 0.05) is 94.2 Å². The van der Waals surface area contributed by atoms with E-state index in [1.54, 1.807) is 0 Å². The summed E-state index contributed by atoms with van der Waals surface area (Å²) in [6.07, 6.45) is 0. The standard InChI is InChI=1S/C58H39NO2.C55H35NO2/c1-57(2)44-23-9-6-19-38(44)39-32-31-37(35-49(39)57)59(36-17-4-3-5-18-36)50-27-13-8-20-40(50)41-22-16-30-53-54(41)43-33-34-48-55(56(43)61-53)42-21-7-10-24-45(42)58(48)46-25-11-14-28-51(46)60-52-29-15-12-26-47(52)58;1-3-16-36(17-4-1)37-30-32-39(33-31-37)56(38-18-5-2-6-19-38)48-26-12-8-20-40(48)41-22-15-29-51-52(41)43-34-35-47-53(54(43)58-51)42-21-7-9-23-44(42)55(47)45-24-10-13-27-49(45)57-50-28-14-11-25-46(50)55/h3-35H,1-2H3;1-35H. The van der Waals surface area contributed by atoms with Crippen LogP contribution in [0.5, 0.6) is 23.0 Å². The number of hydrogen-bond donors (Lipinski definition) is 0. The summed E-state index contributed by atoms with van der Waals surface area (Å²) in [5.74, 6) is 3.52. The molecular weight excluding hydrogens is 1450 g/mol. The molecule has 6 heteroatoms. The van der Waals surface area contributed by atoms with Gasteiger partial charge in [-0.15, -0.1) is 0 Å². The molecule has 4 heterocycles. The van der Waals surface area contributed by atoms with E-state index in [4.69, 9.17) is 18.3 Å². The topological polar surface area (TPSA) is 51.2 Å². The Bertz CT molecular complexity index is 7450. The number of hydrogen-bond acceptors (Lipinski definition) is 6. The number of rotatable bonds is 9. The Kier molecular flexibility index (Phi) is 15.1. The van der Waals surface area contributed by atoms with Gasteiger partial charge in [0.2, 0.25) is 0 Å². The van der Waals surface area contributed by atoms with Crippen molar-refractivity contribution in [1.82, 2.24) is 0 Å². The highest BCUT2D eigenvalue weighted by Gasteiger charge is 2.54. The van der Waals surface area contributed by atoms with Crippen molar-refractivity contribution in [3.63, 3.8) is 0 Å². The van der Waals surface area contributed by atoms with Crippen molar-refractivity contribution in [3.8, 4) is 89.8 Å². The Balaban J connectivity index is 0.000000136. The second-order valence-electron chi connectivity index (χ2n) is 32.3. The van der Waals surface area contributed by atoms with Gasteiger partial charge in [0.05, 0.1) is 22.2 Å². The van der Waals surface area contributed by atoms with Crippen LogP contribution in [0.3, 0.4) is 0 Å². The molecule has 2 aromatic heterocycles. The molecule has 119 heavy (non-hydrogen) atoms. The predicted molar refractivity (Wildman–Crippen MR) is 485 cm³/mol. The van der Waals surface area contributed by atoms with Gasteiger partial charge in [0.25, 0.3) is 0 Å². The van der Waals surface area contributed by atoms with Crippen LogP contribution in [0.2, 0.25) is 0 Å². The molecular formula is C113H74N2O4. The molecule has 0 atom stereocenters. The van der Waals surface area contributed by atoms with Crippen molar-refractivity contribution in [1.29, 1.82) is 0 Å². The summed E-state index contributed by atoms with van der Waals surface area (Å²) < 4.78 is 27.5. The summed E-state index contributed by atoms with van der Waals surface area (Å²) in [7, 11) is 0. The summed E-state index contributed by atoms with van der Waals surface area (Å²) in [5, 5.41) is 4.41. The maximum atomic E-state index is 7.15. The van der Waals surface area contributed by atoms with Crippen LogP contribution in [0.15, 0.2) is 421 Å². The molecule has 0 amide bonds. The number of furan rings is 2. The van der Waals surface area contributed by atoms with Crippen molar-refractivity contribution in [2.24, 2.45) is 0 Å². The van der Waals surface area contributed by atoms with E-state index in [2.05, 4.69) is 436 Å². The predicted octanol–water partition coefficient (Wildman–Crippen LogP) is 30.4. The van der Waals surface area contributed by atoms with E-state index in [1.807, 2.05) is 0 Å². The highest BCUT2D eigenvalue weighted by atomic mass is 16.5.